The molecular formula is C13H13BrClN3O2. The zero-order valence-electron chi connectivity index (χ0n) is 11.0. The molecule has 0 aliphatic rings. The minimum Gasteiger partial charge on any atom is -0.462 e. The molecular weight excluding hydrogens is 346 g/mol. The third kappa shape index (κ3) is 2.46. The van der Waals surface area contributed by atoms with Crippen molar-refractivity contribution in [3.05, 3.63) is 32.9 Å². The number of nitrogen functional groups attached to an aromatic ring is 1. The number of hydrogen-bond donors (Lipinski definition) is 2. The molecule has 1 aromatic carbocycles. The van der Waals surface area contributed by atoms with E-state index in [2.05, 4.69) is 26.3 Å². The molecule has 0 radical (unpaired) electrons. The molecule has 0 bridgehead atoms. The first-order valence-corrected chi connectivity index (χ1v) is 7.09. The van der Waals surface area contributed by atoms with Crippen LogP contribution in [-0.4, -0.2) is 17.6 Å². The highest BCUT2D eigenvalue weighted by atomic mass is 79.9. The van der Waals surface area contributed by atoms with Crippen molar-refractivity contribution in [2.45, 2.75) is 13.8 Å². The lowest BCUT2D eigenvalue weighted by Gasteiger charge is -2.14. The normalized spacial score (nSPS) is 10.7. The maximum Gasteiger partial charge on any atom is 0.341 e. The Morgan fingerprint density at radius 2 is 2.30 bits per heavy atom. The maximum atomic E-state index is 11.9. The van der Waals surface area contributed by atoms with Gasteiger partial charge in [0, 0.05) is 16.1 Å². The predicted molar refractivity (Wildman–Crippen MR) is 83.0 cm³/mol. The van der Waals surface area contributed by atoms with E-state index in [1.165, 1.54) is 6.20 Å². The van der Waals surface area contributed by atoms with Crippen molar-refractivity contribution in [3.8, 4) is 0 Å². The molecule has 0 fully saturated rings. The van der Waals surface area contributed by atoms with Gasteiger partial charge in [0.05, 0.1) is 22.8 Å². The molecule has 0 spiro atoms. The third-order valence-corrected chi connectivity index (χ3v) is 3.95. The van der Waals surface area contributed by atoms with Gasteiger partial charge in [-0.15, -0.1) is 0 Å². The minimum atomic E-state index is -0.497. The summed E-state index contributed by atoms with van der Waals surface area (Å²) in [5, 5.41) is 1.08. The van der Waals surface area contributed by atoms with Gasteiger partial charge in [-0.25, -0.2) is 4.79 Å². The molecule has 0 amide bonds. The van der Waals surface area contributed by atoms with E-state index in [9.17, 15) is 4.79 Å². The number of nitrogens with zero attached hydrogens (tertiary/aromatic N) is 1. The molecule has 7 heteroatoms. The van der Waals surface area contributed by atoms with Gasteiger partial charge in [0.15, 0.2) is 0 Å². The van der Waals surface area contributed by atoms with Crippen molar-refractivity contribution in [1.29, 1.82) is 0 Å². The first-order valence-electron chi connectivity index (χ1n) is 5.92. The maximum absolute atomic E-state index is 11.9. The van der Waals surface area contributed by atoms with E-state index in [4.69, 9.17) is 22.2 Å². The van der Waals surface area contributed by atoms with Gasteiger partial charge in [-0.3, -0.25) is 10.8 Å². The third-order valence-electron chi connectivity index (χ3n) is 2.85. The Kier molecular flexibility index (Phi) is 4.47. The smallest absolute Gasteiger partial charge is 0.341 e. The van der Waals surface area contributed by atoms with Gasteiger partial charge in [0.1, 0.15) is 5.56 Å². The second kappa shape index (κ2) is 5.95. The predicted octanol–water partition coefficient (Wildman–Crippen LogP) is 3.42. The van der Waals surface area contributed by atoms with Crippen LogP contribution in [0.1, 0.15) is 22.8 Å². The summed E-state index contributed by atoms with van der Waals surface area (Å²) in [6.07, 6.45) is 1.42. The number of nitrogens with two attached hydrogens (primary N) is 1. The minimum absolute atomic E-state index is 0.251. The van der Waals surface area contributed by atoms with Gasteiger partial charge in [0.25, 0.3) is 0 Å². The molecule has 0 unspecified atom stereocenters. The van der Waals surface area contributed by atoms with Gasteiger partial charge in [-0.1, -0.05) is 11.6 Å². The number of carbonyl (C=O) groups is 1. The fourth-order valence-corrected chi connectivity index (χ4v) is 2.82. The average Bonchev–Trinajstić information content (AvgIpc) is 2.43. The van der Waals surface area contributed by atoms with Gasteiger partial charge in [0.2, 0.25) is 0 Å². The molecule has 1 heterocycles. The van der Waals surface area contributed by atoms with E-state index in [0.29, 0.717) is 21.6 Å². The number of benzene rings is 1. The topological polar surface area (TPSA) is 77.2 Å². The average molecular weight is 359 g/mol. The quantitative estimate of drug-likeness (QED) is 0.499. The number of carbonyl (C=O) groups excluding carboxylic acids is 1. The van der Waals surface area contributed by atoms with Crippen LogP contribution in [-0.2, 0) is 4.74 Å². The van der Waals surface area contributed by atoms with E-state index >= 15 is 0 Å². The molecule has 0 atom stereocenters. The Balaban J connectivity index is 2.82. The van der Waals surface area contributed by atoms with Crippen molar-refractivity contribution in [1.82, 2.24) is 4.98 Å². The summed E-state index contributed by atoms with van der Waals surface area (Å²) in [5.41, 5.74) is 4.66. The summed E-state index contributed by atoms with van der Waals surface area (Å²) in [7, 11) is 0. The number of hydrazine groups is 1. The van der Waals surface area contributed by atoms with Crippen molar-refractivity contribution in [2.75, 3.05) is 12.0 Å². The van der Waals surface area contributed by atoms with E-state index in [1.54, 1.807) is 6.92 Å². The standard InChI is InChI=1S/C13H13BrClN3O2/c1-3-20-13(19)7-5-17-12-8(14)4-6(2)10(15)9(12)11(7)18-16/h4-5H,3,16H2,1-2H3,(H,17,18). The fourth-order valence-electron chi connectivity index (χ4n) is 1.94. The summed E-state index contributed by atoms with van der Waals surface area (Å²) in [5.74, 6) is 5.06. The molecule has 3 N–H and O–H groups in total. The number of hydrogen-bond acceptors (Lipinski definition) is 5. The number of halogens is 2. The number of ether oxygens (including phenoxy) is 1. The lowest BCUT2D eigenvalue weighted by Crippen LogP contribution is -2.15. The lowest BCUT2D eigenvalue weighted by molar-refractivity contribution is 0.0527. The molecule has 0 aliphatic carbocycles. The lowest BCUT2D eigenvalue weighted by atomic mass is 10.1. The van der Waals surface area contributed by atoms with E-state index in [0.717, 1.165) is 10.0 Å². The molecule has 0 aliphatic heterocycles. The van der Waals surface area contributed by atoms with Crippen LogP contribution in [0.15, 0.2) is 16.7 Å². The molecule has 2 aromatic rings. The number of rotatable bonds is 3. The van der Waals surface area contributed by atoms with Crippen molar-refractivity contribution < 1.29 is 9.53 Å². The Morgan fingerprint density at radius 3 is 2.90 bits per heavy atom. The summed E-state index contributed by atoms with van der Waals surface area (Å²) in [6.45, 7) is 3.87. The van der Waals surface area contributed by atoms with Crippen molar-refractivity contribution >= 4 is 50.1 Å². The molecule has 0 saturated carbocycles. The molecule has 20 heavy (non-hydrogen) atoms. The summed E-state index contributed by atoms with van der Waals surface area (Å²) < 4.78 is 5.77. The Morgan fingerprint density at radius 1 is 1.60 bits per heavy atom. The summed E-state index contributed by atoms with van der Waals surface area (Å²) in [4.78, 5) is 16.2. The van der Waals surface area contributed by atoms with Crippen LogP contribution in [0.5, 0.6) is 0 Å². The number of pyridine rings is 1. The monoisotopic (exact) mass is 357 g/mol. The van der Waals surface area contributed by atoms with E-state index in [-0.39, 0.29) is 12.2 Å². The Labute approximate surface area is 129 Å². The second-order valence-corrected chi connectivity index (χ2v) is 5.36. The van der Waals surface area contributed by atoms with Crippen molar-refractivity contribution in [2.24, 2.45) is 5.84 Å². The van der Waals surface area contributed by atoms with E-state index < -0.39 is 5.97 Å². The Hall–Kier alpha value is -1.37. The van der Waals surface area contributed by atoms with Crippen LogP contribution in [0.25, 0.3) is 10.9 Å². The number of fused-ring (bicyclic) bond motifs is 1. The molecule has 0 saturated heterocycles. The summed E-state index contributed by atoms with van der Waals surface area (Å²) >= 11 is 9.76. The highest BCUT2D eigenvalue weighted by Crippen LogP contribution is 2.37. The molecule has 2 rings (SSSR count). The number of esters is 1. The zero-order valence-corrected chi connectivity index (χ0v) is 13.3. The first kappa shape index (κ1) is 15.0. The zero-order chi connectivity index (χ0) is 14.9. The fraction of sp³-hybridized carbons (Fsp3) is 0.231. The number of aromatic nitrogens is 1. The SMILES string of the molecule is CCOC(=O)c1cnc2c(Br)cc(C)c(Cl)c2c1NN. The molecule has 5 nitrogen and oxygen atoms in total. The highest BCUT2D eigenvalue weighted by Gasteiger charge is 2.20. The van der Waals surface area contributed by atoms with Gasteiger partial charge in [-0.05, 0) is 41.4 Å². The first-order chi connectivity index (χ1) is 9.51. The van der Waals surface area contributed by atoms with Crippen molar-refractivity contribution in [3.63, 3.8) is 0 Å². The van der Waals surface area contributed by atoms with Gasteiger partial charge in [-0.2, -0.15) is 0 Å². The van der Waals surface area contributed by atoms with Gasteiger partial charge >= 0.3 is 5.97 Å². The Bertz CT molecular complexity index is 691. The number of aryl methyl sites for hydroxylation is 1. The largest absolute Gasteiger partial charge is 0.462 e. The van der Waals surface area contributed by atoms with Crippen LogP contribution in [0.3, 0.4) is 0 Å². The second-order valence-electron chi connectivity index (χ2n) is 4.12. The van der Waals surface area contributed by atoms with Crippen LogP contribution in [0, 0.1) is 6.92 Å². The van der Waals surface area contributed by atoms with Crippen LogP contribution >= 0.6 is 27.5 Å². The number of nitrogens with one attached hydrogen (secondary N) is 1. The van der Waals surface area contributed by atoms with Crippen LogP contribution in [0.4, 0.5) is 5.69 Å². The van der Waals surface area contributed by atoms with Crippen LogP contribution < -0.4 is 11.3 Å². The highest BCUT2D eigenvalue weighted by molar-refractivity contribution is 9.10. The summed E-state index contributed by atoms with van der Waals surface area (Å²) in [6, 6.07) is 1.86. The molecule has 106 valence electrons. The number of anilines is 1. The van der Waals surface area contributed by atoms with Gasteiger partial charge < -0.3 is 10.2 Å². The van der Waals surface area contributed by atoms with E-state index in [1.807, 2.05) is 13.0 Å². The van der Waals surface area contributed by atoms with Crippen LogP contribution in [0.2, 0.25) is 5.02 Å². The molecule has 1 aromatic heterocycles.